The fourth-order valence-electron chi connectivity index (χ4n) is 1.79. The van der Waals surface area contributed by atoms with Crippen LogP contribution in [0.25, 0.3) is 0 Å². The van der Waals surface area contributed by atoms with Crippen molar-refractivity contribution in [3.05, 3.63) is 0 Å². The molecule has 2 aliphatic heterocycles. The van der Waals surface area contributed by atoms with E-state index >= 15 is 0 Å². The number of carboxylic acids is 3. The van der Waals surface area contributed by atoms with Gasteiger partial charge in [-0.2, -0.15) is 0 Å². The molecule has 21 heavy (non-hydrogen) atoms. The molecule has 2 atom stereocenters. The third kappa shape index (κ3) is 9.77. The first-order chi connectivity index (χ1) is 9.88. The van der Waals surface area contributed by atoms with Gasteiger partial charge >= 0.3 is 17.9 Å². The zero-order valence-corrected chi connectivity index (χ0v) is 11.7. The van der Waals surface area contributed by atoms with E-state index in [1.54, 1.807) is 0 Å². The number of aliphatic carboxylic acids is 3. The molecule has 0 aromatic rings. The van der Waals surface area contributed by atoms with Crippen molar-refractivity contribution < 1.29 is 29.7 Å². The number of hydrogen-bond acceptors (Lipinski definition) is 6. The van der Waals surface area contributed by atoms with Crippen LogP contribution in [-0.4, -0.2) is 64.9 Å². The van der Waals surface area contributed by atoms with Crippen molar-refractivity contribution in [2.45, 2.75) is 37.8 Å². The van der Waals surface area contributed by atoms with Gasteiger partial charge < -0.3 is 31.7 Å². The van der Waals surface area contributed by atoms with E-state index in [9.17, 15) is 14.4 Å². The van der Waals surface area contributed by atoms with Gasteiger partial charge in [-0.25, -0.2) is 0 Å². The molecule has 0 bridgehead atoms. The van der Waals surface area contributed by atoms with Crippen LogP contribution in [0, 0.1) is 0 Å². The molecule has 2 saturated heterocycles. The summed E-state index contributed by atoms with van der Waals surface area (Å²) in [7, 11) is 0. The molecule has 9 heteroatoms. The summed E-state index contributed by atoms with van der Waals surface area (Å²) in [4.78, 5) is 29.5. The van der Waals surface area contributed by atoms with Gasteiger partial charge in [0.2, 0.25) is 0 Å². The fraction of sp³-hybridized carbons (Fsp3) is 0.750. The lowest BCUT2D eigenvalue weighted by Crippen LogP contribution is -2.29. The Hall–Kier alpha value is -1.71. The summed E-state index contributed by atoms with van der Waals surface area (Å²) in [5.41, 5.74) is 4.57. The summed E-state index contributed by atoms with van der Waals surface area (Å²) in [5, 5.41) is 30.0. The smallest absolute Gasteiger partial charge is 0.320 e. The van der Waals surface area contributed by atoms with Gasteiger partial charge in [-0.3, -0.25) is 14.4 Å². The Kier molecular flexibility index (Phi) is 10.1. The summed E-state index contributed by atoms with van der Waals surface area (Å²) >= 11 is 0. The van der Waals surface area contributed by atoms with E-state index in [-0.39, 0.29) is 18.6 Å². The van der Waals surface area contributed by atoms with Crippen molar-refractivity contribution in [1.29, 1.82) is 0 Å². The zero-order valence-electron chi connectivity index (χ0n) is 11.7. The zero-order chi connectivity index (χ0) is 16.3. The van der Waals surface area contributed by atoms with Crippen LogP contribution in [0.4, 0.5) is 0 Å². The van der Waals surface area contributed by atoms with Gasteiger partial charge in [0, 0.05) is 0 Å². The molecule has 2 heterocycles. The van der Waals surface area contributed by atoms with Gasteiger partial charge in [-0.15, -0.1) is 0 Å². The summed E-state index contributed by atoms with van der Waals surface area (Å²) < 4.78 is 0. The summed E-state index contributed by atoms with van der Waals surface area (Å²) in [6, 6.07) is -0.537. The van der Waals surface area contributed by atoms with Crippen molar-refractivity contribution in [2.24, 2.45) is 5.73 Å². The summed E-state index contributed by atoms with van der Waals surface area (Å²) in [6.07, 6.45) is 3.57. The fourth-order valence-corrected chi connectivity index (χ4v) is 1.79. The lowest BCUT2D eigenvalue weighted by molar-refractivity contribution is -0.140. The lowest BCUT2D eigenvalue weighted by atomic mass is 10.2. The maximum absolute atomic E-state index is 10.1. The largest absolute Gasteiger partial charge is 0.480 e. The Labute approximate surface area is 122 Å². The minimum atomic E-state index is -0.968. The number of hydrogen-bond donors (Lipinski definition) is 6. The molecule has 0 aliphatic carbocycles. The van der Waals surface area contributed by atoms with Crippen LogP contribution < -0.4 is 16.4 Å². The first-order valence-electron chi connectivity index (χ1n) is 6.72. The Morgan fingerprint density at radius 3 is 1.33 bits per heavy atom. The van der Waals surface area contributed by atoms with E-state index in [2.05, 4.69) is 16.4 Å². The second-order valence-corrected chi connectivity index (χ2v) is 4.57. The maximum atomic E-state index is 10.1. The Balaban J connectivity index is 0.000000296. The SMILES string of the molecule is NCC(=O)O.O=C(O)[C@@H]1CCCN1.O=C(O)[C@@H]1CCCN1. The highest BCUT2D eigenvalue weighted by molar-refractivity contribution is 5.74. The van der Waals surface area contributed by atoms with Gasteiger partial charge in [0.1, 0.15) is 12.1 Å². The second kappa shape index (κ2) is 11.0. The van der Waals surface area contributed by atoms with Crippen molar-refractivity contribution >= 4 is 17.9 Å². The molecule has 2 aliphatic rings. The van der Waals surface area contributed by atoms with Gasteiger partial charge in [0.05, 0.1) is 6.54 Å². The normalized spacial score (nSPS) is 23.3. The molecule has 0 saturated carbocycles. The third-order valence-electron chi connectivity index (χ3n) is 2.89. The highest BCUT2D eigenvalue weighted by Crippen LogP contribution is 2.04. The average Bonchev–Trinajstić information content (AvgIpc) is 3.13. The lowest BCUT2D eigenvalue weighted by Gasteiger charge is -1.99. The quantitative estimate of drug-likeness (QED) is 0.371. The summed E-state index contributed by atoms with van der Waals surface area (Å²) in [5.74, 6) is -2.41. The summed E-state index contributed by atoms with van der Waals surface area (Å²) in [6.45, 7) is 1.44. The molecule has 0 amide bonds. The number of nitrogens with two attached hydrogens (primary N) is 1. The first kappa shape index (κ1) is 19.3. The van der Waals surface area contributed by atoms with Crippen molar-refractivity contribution in [2.75, 3.05) is 19.6 Å². The number of rotatable bonds is 3. The monoisotopic (exact) mass is 305 g/mol. The van der Waals surface area contributed by atoms with Crippen molar-refractivity contribution in [1.82, 2.24) is 10.6 Å². The number of nitrogens with one attached hydrogen (secondary N) is 2. The van der Waals surface area contributed by atoms with Crippen LogP contribution in [-0.2, 0) is 14.4 Å². The molecule has 2 fully saturated rings. The molecule has 0 spiro atoms. The van der Waals surface area contributed by atoms with Crippen LogP contribution in [0.15, 0.2) is 0 Å². The third-order valence-corrected chi connectivity index (χ3v) is 2.89. The predicted octanol–water partition coefficient (Wildman–Crippen LogP) is -1.32. The molecule has 0 radical (unpaired) electrons. The minimum Gasteiger partial charge on any atom is -0.480 e. The molecule has 122 valence electrons. The predicted molar refractivity (Wildman–Crippen MR) is 74.0 cm³/mol. The van der Waals surface area contributed by atoms with E-state index in [4.69, 9.17) is 15.3 Å². The highest BCUT2D eigenvalue weighted by Gasteiger charge is 2.20. The first-order valence-corrected chi connectivity index (χ1v) is 6.72. The van der Waals surface area contributed by atoms with E-state index in [0.29, 0.717) is 0 Å². The number of carbonyl (C=O) groups is 3. The van der Waals surface area contributed by atoms with E-state index in [0.717, 1.165) is 38.8 Å². The molecular weight excluding hydrogens is 282 g/mol. The molecule has 9 nitrogen and oxygen atoms in total. The maximum Gasteiger partial charge on any atom is 0.320 e. The van der Waals surface area contributed by atoms with E-state index in [1.807, 2.05) is 0 Å². The molecular formula is C12H23N3O6. The molecule has 0 aromatic carbocycles. The second-order valence-electron chi connectivity index (χ2n) is 4.57. The van der Waals surface area contributed by atoms with E-state index < -0.39 is 17.9 Å². The van der Waals surface area contributed by atoms with Crippen LogP contribution in [0.1, 0.15) is 25.7 Å². The highest BCUT2D eigenvalue weighted by atomic mass is 16.4. The molecule has 0 unspecified atom stereocenters. The van der Waals surface area contributed by atoms with E-state index in [1.165, 1.54) is 0 Å². The Morgan fingerprint density at radius 2 is 1.24 bits per heavy atom. The standard InChI is InChI=1S/2C5H9NO2.C2H5NO2/c2*7-5(8)4-2-1-3-6-4;3-1-2(4)5/h2*4,6H,1-3H2,(H,7,8);1,3H2,(H,4,5)/t2*4-;/m00./s1. The number of carboxylic acid groups (broad SMARTS) is 3. The van der Waals surface area contributed by atoms with Crippen LogP contribution in [0.5, 0.6) is 0 Å². The average molecular weight is 305 g/mol. The Bertz CT molecular complexity index is 312. The van der Waals surface area contributed by atoms with Gasteiger partial charge in [0.15, 0.2) is 0 Å². The minimum absolute atomic E-state index is 0.269. The van der Waals surface area contributed by atoms with Crippen molar-refractivity contribution in [3.63, 3.8) is 0 Å². The molecule has 0 aromatic heterocycles. The molecule has 2 rings (SSSR count). The van der Waals surface area contributed by atoms with Gasteiger partial charge in [0.25, 0.3) is 0 Å². The van der Waals surface area contributed by atoms with Gasteiger partial charge in [-0.05, 0) is 38.8 Å². The molecule has 7 N–H and O–H groups in total. The van der Waals surface area contributed by atoms with Crippen LogP contribution in [0.2, 0.25) is 0 Å². The van der Waals surface area contributed by atoms with Crippen LogP contribution >= 0.6 is 0 Å². The van der Waals surface area contributed by atoms with Crippen molar-refractivity contribution in [3.8, 4) is 0 Å². The Morgan fingerprint density at radius 1 is 0.905 bits per heavy atom. The van der Waals surface area contributed by atoms with Gasteiger partial charge in [-0.1, -0.05) is 0 Å². The van der Waals surface area contributed by atoms with Crippen LogP contribution in [0.3, 0.4) is 0 Å². The topological polar surface area (TPSA) is 162 Å².